The predicted octanol–water partition coefficient (Wildman–Crippen LogP) is 2.29. The molecule has 1 atom stereocenters. The maximum absolute atomic E-state index is 11.7. The summed E-state index contributed by atoms with van der Waals surface area (Å²) in [6.45, 7) is 4.65. The number of rotatable bonds is 4. The number of hydrogen-bond donors (Lipinski definition) is 1. The van der Waals surface area contributed by atoms with Crippen LogP contribution in [0.5, 0.6) is 0 Å². The van der Waals surface area contributed by atoms with Crippen molar-refractivity contribution in [2.24, 2.45) is 0 Å². The van der Waals surface area contributed by atoms with Crippen molar-refractivity contribution in [2.75, 3.05) is 0 Å². The zero-order valence-corrected chi connectivity index (χ0v) is 11.5. The minimum absolute atomic E-state index is 0.127. The van der Waals surface area contributed by atoms with Gasteiger partial charge in [0.25, 0.3) is 0 Å². The van der Waals surface area contributed by atoms with Crippen molar-refractivity contribution in [2.45, 2.75) is 31.3 Å². The number of aryl methyl sites for hydroxylation is 1. The van der Waals surface area contributed by atoms with Crippen LogP contribution in [0.15, 0.2) is 29.2 Å². The van der Waals surface area contributed by atoms with Crippen LogP contribution >= 0.6 is 7.60 Å². The molecule has 0 heterocycles. The summed E-state index contributed by atoms with van der Waals surface area (Å²) >= 11 is 0. The van der Waals surface area contributed by atoms with Crippen LogP contribution in [-0.2, 0) is 18.7 Å². The fraction of sp³-hybridized carbons (Fsp3) is 0.400. The number of benzene rings is 1. The largest absolute Gasteiger partial charge is 0.345 e. The van der Waals surface area contributed by atoms with Crippen LogP contribution in [0.25, 0.3) is 0 Å². The topological polar surface area (TPSA) is 80.7 Å². The van der Waals surface area contributed by atoms with E-state index in [0.717, 1.165) is 5.56 Å². The van der Waals surface area contributed by atoms with Gasteiger partial charge in [-0.15, -0.1) is 0 Å². The van der Waals surface area contributed by atoms with Gasteiger partial charge in [0, 0.05) is 0 Å². The van der Waals surface area contributed by atoms with E-state index in [1.54, 1.807) is 12.1 Å². The van der Waals surface area contributed by atoms with Gasteiger partial charge in [-0.2, -0.15) is 12.4 Å². The SMILES string of the molecule is Cc1ccc(S(=O)(=O)OP(=O)(O)C(C)C)cc1. The molecule has 0 amide bonds. The fourth-order valence-electron chi connectivity index (χ4n) is 0.975. The van der Waals surface area contributed by atoms with Gasteiger partial charge in [-0.3, -0.25) is 4.57 Å². The highest BCUT2D eigenvalue weighted by molar-refractivity contribution is 7.91. The lowest BCUT2D eigenvalue weighted by atomic mass is 10.2. The fourth-order valence-corrected chi connectivity index (χ4v) is 3.60. The summed E-state index contributed by atoms with van der Waals surface area (Å²) in [4.78, 5) is 9.27. The highest BCUT2D eigenvalue weighted by Crippen LogP contribution is 2.49. The van der Waals surface area contributed by atoms with Gasteiger partial charge in [0.2, 0.25) is 0 Å². The van der Waals surface area contributed by atoms with Crippen molar-refractivity contribution in [3.8, 4) is 0 Å². The van der Waals surface area contributed by atoms with Crippen LogP contribution in [0.2, 0.25) is 0 Å². The van der Waals surface area contributed by atoms with Crippen molar-refractivity contribution in [3.63, 3.8) is 0 Å². The molecule has 0 saturated carbocycles. The van der Waals surface area contributed by atoms with Crippen LogP contribution in [0, 0.1) is 6.92 Å². The quantitative estimate of drug-likeness (QED) is 0.855. The molecule has 0 aliphatic heterocycles. The summed E-state index contributed by atoms with van der Waals surface area (Å²) in [5.74, 6) is 0. The maximum Gasteiger partial charge on any atom is 0.345 e. The van der Waals surface area contributed by atoms with E-state index >= 15 is 0 Å². The van der Waals surface area contributed by atoms with E-state index in [4.69, 9.17) is 0 Å². The van der Waals surface area contributed by atoms with Gasteiger partial charge >= 0.3 is 17.7 Å². The van der Waals surface area contributed by atoms with Gasteiger partial charge in [0.05, 0.1) is 10.6 Å². The third-order valence-corrected chi connectivity index (χ3v) is 5.96. The molecule has 7 heteroatoms. The van der Waals surface area contributed by atoms with Crippen molar-refractivity contribution >= 4 is 17.7 Å². The summed E-state index contributed by atoms with van der Waals surface area (Å²) < 4.78 is 39.3. The second kappa shape index (κ2) is 4.90. The molecule has 1 aromatic rings. The van der Waals surface area contributed by atoms with Crippen LogP contribution in [0.4, 0.5) is 0 Å². The average Bonchev–Trinajstić information content (AvgIpc) is 2.16. The first kappa shape index (κ1) is 14.4. The Bertz CT molecular complexity index is 532. The van der Waals surface area contributed by atoms with Crippen LogP contribution in [0.3, 0.4) is 0 Å². The highest BCUT2D eigenvalue weighted by atomic mass is 32.2. The van der Waals surface area contributed by atoms with Crippen molar-refractivity contribution in [1.29, 1.82) is 0 Å². The Kier molecular flexibility index (Phi) is 4.15. The molecule has 0 aromatic heterocycles. The van der Waals surface area contributed by atoms with Crippen molar-refractivity contribution in [3.05, 3.63) is 29.8 Å². The zero-order valence-electron chi connectivity index (χ0n) is 9.82. The van der Waals surface area contributed by atoms with Gasteiger partial charge in [-0.05, 0) is 19.1 Å². The second-order valence-corrected chi connectivity index (χ2v) is 8.14. The molecule has 17 heavy (non-hydrogen) atoms. The lowest BCUT2D eigenvalue weighted by Crippen LogP contribution is -2.09. The molecule has 5 nitrogen and oxygen atoms in total. The minimum Gasteiger partial charge on any atom is -0.323 e. The van der Waals surface area contributed by atoms with Gasteiger partial charge in [-0.25, -0.2) is 0 Å². The summed E-state index contributed by atoms with van der Waals surface area (Å²) in [5, 5.41) is 0. The molecule has 0 bridgehead atoms. The summed E-state index contributed by atoms with van der Waals surface area (Å²) in [5.41, 5.74) is 0.114. The lowest BCUT2D eigenvalue weighted by Gasteiger charge is -2.14. The smallest absolute Gasteiger partial charge is 0.323 e. The summed E-state index contributed by atoms with van der Waals surface area (Å²) in [6.07, 6.45) is 0. The zero-order chi connectivity index (χ0) is 13.3. The third-order valence-electron chi connectivity index (χ3n) is 2.17. The van der Waals surface area contributed by atoms with Crippen molar-refractivity contribution < 1.29 is 21.8 Å². The van der Waals surface area contributed by atoms with Gasteiger partial charge in [0.1, 0.15) is 0 Å². The van der Waals surface area contributed by atoms with E-state index in [2.05, 4.69) is 3.97 Å². The highest BCUT2D eigenvalue weighted by Gasteiger charge is 2.32. The molecule has 0 aliphatic rings. The predicted molar refractivity (Wildman–Crippen MR) is 64.4 cm³/mol. The normalized spacial score (nSPS) is 15.8. The van der Waals surface area contributed by atoms with Crippen LogP contribution in [0.1, 0.15) is 19.4 Å². The van der Waals surface area contributed by atoms with Gasteiger partial charge in [-0.1, -0.05) is 31.5 Å². The molecule has 0 aliphatic carbocycles. The van der Waals surface area contributed by atoms with Crippen molar-refractivity contribution in [1.82, 2.24) is 0 Å². The third kappa shape index (κ3) is 3.64. The molecular weight excluding hydrogens is 263 g/mol. The Labute approximate surface area is 101 Å². The summed E-state index contributed by atoms with van der Waals surface area (Å²) in [7, 11) is -8.34. The molecule has 1 aromatic carbocycles. The average molecular weight is 278 g/mol. The molecule has 96 valence electrons. The van der Waals surface area contributed by atoms with Gasteiger partial charge in [0.15, 0.2) is 0 Å². The monoisotopic (exact) mass is 278 g/mol. The minimum atomic E-state index is -4.19. The molecule has 1 rings (SSSR count). The van der Waals surface area contributed by atoms with Gasteiger partial charge < -0.3 is 4.89 Å². The second-order valence-electron chi connectivity index (χ2n) is 4.00. The Morgan fingerprint density at radius 3 is 2.12 bits per heavy atom. The molecule has 0 spiro atoms. The standard InChI is InChI=1S/C10H15O5PS/c1-8(2)16(11,12)15-17(13,14)10-6-4-9(3)5-7-10/h4-8H,1-3H3,(H,11,12). The van der Waals surface area contributed by atoms with E-state index in [0.29, 0.717) is 0 Å². The lowest BCUT2D eigenvalue weighted by molar-refractivity contribution is 0.368. The molecule has 1 N–H and O–H groups in total. The van der Waals surface area contributed by atoms with E-state index in [1.807, 2.05) is 6.92 Å². The molecule has 0 fully saturated rings. The van der Waals surface area contributed by atoms with E-state index in [-0.39, 0.29) is 4.90 Å². The number of hydrogen-bond acceptors (Lipinski definition) is 4. The maximum atomic E-state index is 11.7. The van der Waals surface area contributed by atoms with E-state index < -0.39 is 23.4 Å². The molecule has 0 radical (unpaired) electrons. The first-order chi connectivity index (χ1) is 7.65. The van der Waals surface area contributed by atoms with E-state index in [1.165, 1.54) is 26.0 Å². The Balaban J connectivity index is 3.06. The molecule has 0 saturated heterocycles. The first-order valence-corrected chi connectivity index (χ1v) is 8.06. The Morgan fingerprint density at radius 2 is 1.71 bits per heavy atom. The Hall–Kier alpha value is -0.680. The summed E-state index contributed by atoms with van der Waals surface area (Å²) in [6, 6.07) is 5.86. The molecular formula is C10H15O5PS. The van der Waals surface area contributed by atoms with Crippen LogP contribution < -0.4 is 0 Å². The Morgan fingerprint density at radius 1 is 1.24 bits per heavy atom. The van der Waals surface area contributed by atoms with E-state index in [9.17, 15) is 17.9 Å². The molecule has 1 unspecified atom stereocenters. The van der Waals surface area contributed by atoms with Crippen LogP contribution in [-0.4, -0.2) is 19.0 Å². The first-order valence-electron chi connectivity index (χ1n) is 5.00.